The molecular formula is C17H22IN3O2. The number of halogens is 1. The Morgan fingerprint density at radius 2 is 1.87 bits per heavy atom. The van der Waals surface area contributed by atoms with E-state index in [-0.39, 0.29) is 18.6 Å². The lowest BCUT2D eigenvalue weighted by molar-refractivity contribution is -0.135. The van der Waals surface area contributed by atoms with E-state index in [0.29, 0.717) is 24.8 Å². The largest absolute Gasteiger partial charge is 0.484 e. The molecule has 1 saturated heterocycles. The van der Waals surface area contributed by atoms with Crippen LogP contribution in [0.4, 0.5) is 0 Å². The fraction of sp³-hybridized carbons (Fsp3) is 0.529. The summed E-state index contributed by atoms with van der Waals surface area (Å²) in [6, 6.07) is 9.93. The third-order valence-electron chi connectivity index (χ3n) is 4.00. The number of hydrogen-bond donors (Lipinski definition) is 0. The summed E-state index contributed by atoms with van der Waals surface area (Å²) >= 11 is 2.23. The molecular weight excluding hydrogens is 405 g/mol. The topological polar surface area (TPSA) is 56.6 Å². The lowest BCUT2D eigenvalue weighted by Crippen LogP contribution is -2.53. The van der Waals surface area contributed by atoms with E-state index in [1.165, 1.54) is 0 Å². The number of piperazine rings is 1. The van der Waals surface area contributed by atoms with Crippen LogP contribution in [0.15, 0.2) is 24.3 Å². The molecule has 1 aromatic rings. The van der Waals surface area contributed by atoms with Crippen molar-refractivity contribution in [3.8, 4) is 11.8 Å². The second kappa shape index (κ2) is 8.50. The zero-order valence-electron chi connectivity index (χ0n) is 13.5. The van der Waals surface area contributed by atoms with E-state index in [1.807, 2.05) is 29.2 Å². The van der Waals surface area contributed by atoms with Crippen molar-refractivity contribution in [2.24, 2.45) is 5.92 Å². The van der Waals surface area contributed by atoms with E-state index in [1.54, 1.807) is 0 Å². The highest BCUT2D eigenvalue weighted by Gasteiger charge is 2.27. The predicted molar refractivity (Wildman–Crippen MR) is 97.0 cm³/mol. The van der Waals surface area contributed by atoms with Crippen molar-refractivity contribution in [3.05, 3.63) is 27.8 Å². The molecule has 1 amide bonds. The van der Waals surface area contributed by atoms with Crippen LogP contribution in [0.25, 0.3) is 0 Å². The quantitative estimate of drug-likeness (QED) is 0.678. The molecule has 0 spiro atoms. The first kappa shape index (κ1) is 18.0. The van der Waals surface area contributed by atoms with Crippen LogP contribution < -0.4 is 4.74 Å². The number of nitrogens with zero attached hydrogens (tertiary/aromatic N) is 3. The molecule has 1 heterocycles. The van der Waals surface area contributed by atoms with E-state index in [4.69, 9.17) is 4.74 Å². The van der Waals surface area contributed by atoms with Crippen LogP contribution >= 0.6 is 22.6 Å². The Morgan fingerprint density at radius 1 is 1.26 bits per heavy atom. The van der Waals surface area contributed by atoms with Gasteiger partial charge in [-0.25, -0.2) is 0 Å². The summed E-state index contributed by atoms with van der Waals surface area (Å²) in [6.45, 7) is 6.96. The smallest absolute Gasteiger partial charge is 0.260 e. The molecule has 1 fully saturated rings. The first-order valence-electron chi connectivity index (χ1n) is 7.81. The molecule has 1 unspecified atom stereocenters. The Kier molecular flexibility index (Phi) is 6.66. The maximum Gasteiger partial charge on any atom is 0.260 e. The minimum atomic E-state index is -0.0738. The van der Waals surface area contributed by atoms with Crippen LogP contribution in [0.5, 0.6) is 5.75 Å². The summed E-state index contributed by atoms with van der Waals surface area (Å²) in [6.07, 6.45) is 0. The molecule has 0 N–H and O–H groups in total. The highest BCUT2D eigenvalue weighted by atomic mass is 127. The molecule has 5 nitrogen and oxygen atoms in total. The van der Waals surface area contributed by atoms with Crippen LogP contribution in [-0.4, -0.2) is 54.5 Å². The number of ether oxygens (including phenoxy) is 1. The summed E-state index contributed by atoms with van der Waals surface area (Å²) in [4.78, 5) is 16.2. The van der Waals surface area contributed by atoms with E-state index in [2.05, 4.69) is 47.4 Å². The summed E-state index contributed by atoms with van der Waals surface area (Å²) in [7, 11) is 0. The SMILES string of the molecule is CC(C)C(C#N)N1CCN(C(=O)COc2ccc(I)cc2)CC1. The normalized spacial score (nSPS) is 16.9. The Bertz CT molecular complexity index is 560. The molecule has 0 bridgehead atoms. The number of amides is 1. The standard InChI is InChI=1S/C17H22IN3O2/c1-13(2)16(11-19)20-7-9-21(10-8-20)17(22)12-23-15-5-3-14(18)4-6-15/h3-6,13,16H,7-10,12H2,1-2H3. The molecule has 1 aliphatic rings. The highest BCUT2D eigenvalue weighted by Crippen LogP contribution is 2.15. The first-order valence-corrected chi connectivity index (χ1v) is 8.89. The van der Waals surface area contributed by atoms with Crippen LogP contribution in [0.3, 0.4) is 0 Å². The third-order valence-corrected chi connectivity index (χ3v) is 4.72. The number of nitriles is 1. The lowest BCUT2D eigenvalue weighted by atomic mass is 10.0. The van der Waals surface area contributed by atoms with Gasteiger partial charge < -0.3 is 9.64 Å². The average Bonchev–Trinajstić information content (AvgIpc) is 2.55. The van der Waals surface area contributed by atoms with Gasteiger partial charge in [-0.3, -0.25) is 9.69 Å². The number of hydrogen-bond acceptors (Lipinski definition) is 4. The molecule has 0 saturated carbocycles. The van der Waals surface area contributed by atoms with Crippen LogP contribution in [0, 0.1) is 20.8 Å². The Morgan fingerprint density at radius 3 is 2.39 bits per heavy atom. The van der Waals surface area contributed by atoms with Gasteiger partial charge in [-0.05, 0) is 52.8 Å². The zero-order valence-corrected chi connectivity index (χ0v) is 15.7. The Balaban J connectivity index is 1.79. The zero-order chi connectivity index (χ0) is 16.8. The maximum atomic E-state index is 12.2. The van der Waals surface area contributed by atoms with Crippen molar-refractivity contribution < 1.29 is 9.53 Å². The van der Waals surface area contributed by atoms with Gasteiger partial charge in [0.2, 0.25) is 0 Å². The number of carbonyl (C=O) groups excluding carboxylic acids is 1. The van der Waals surface area contributed by atoms with Gasteiger partial charge >= 0.3 is 0 Å². The fourth-order valence-electron chi connectivity index (χ4n) is 2.67. The van der Waals surface area contributed by atoms with Crippen molar-refractivity contribution in [3.63, 3.8) is 0 Å². The van der Waals surface area contributed by atoms with E-state index >= 15 is 0 Å². The fourth-order valence-corrected chi connectivity index (χ4v) is 3.03. The minimum absolute atomic E-state index is 0.00116. The molecule has 0 aromatic heterocycles. The third kappa shape index (κ3) is 5.08. The number of benzene rings is 1. The second-order valence-electron chi connectivity index (χ2n) is 5.98. The number of rotatable bonds is 5. The summed E-state index contributed by atoms with van der Waals surface area (Å²) in [5.41, 5.74) is 0. The molecule has 23 heavy (non-hydrogen) atoms. The molecule has 124 valence electrons. The Labute approximate surface area is 151 Å². The minimum Gasteiger partial charge on any atom is -0.484 e. The highest BCUT2D eigenvalue weighted by molar-refractivity contribution is 14.1. The molecule has 1 aliphatic heterocycles. The van der Waals surface area contributed by atoms with Gasteiger partial charge in [0.05, 0.1) is 6.07 Å². The van der Waals surface area contributed by atoms with Crippen molar-refractivity contribution in [1.82, 2.24) is 9.80 Å². The van der Waals surface area contributed by atoms with Gasteiger partial charge in [0, 0.05) is 29.7 Å². The van der Waals surface area contributed by atoms with Crippen molar-refractivity contribution in [1.29, 1.82) is 5.26 Å². The molecule has 0 radical (unpaired) electrons. The first-order chi connectivity index (χ1) is 11.0. The second-order valence-corrected chi connectivity index (χ2v) is 7.22. The van der Waals surface area contributed by atoms with Crippen LogP contribution in [0.2, 0.25) is 0 Å². The van der Waals surface area contributed by atoms with Crippen LogP contribution in [-0.2, 0) is 4.79 Å². The van der Waals surface area contributed by atoms with Gasteiger partial charge in [-0.2, -0.15) is 5.26 Å². The predicted octanol–water partition coefficient (Wildman–Crippen LogP) is 2.36. The van der Waals surface area contributed by atoms with E-state index in [9.17, 15) is 10.1 Å². The van der Waals surface area contributed by atoms with E-state index < -0.39 is 0 Å². The van der Waals surface area contributed by atoms with Crippen LogP contribution in [0.1, 0.15) is 13.8 Å². The number of carbonyl (C=O) groups is 1. The summed E-state index contributed by atoms with van der Waals surface area (Å²) in [5, 5.41) is 9.26. The molecule has 0 aliphatic carbocycles. The molecule has 1 aromatic carbocycles. The Hall–Kier alpha value is -1.33. The summed E-state index contributed by atoms with van der Waals surface area (Å²) in [5.74, 6) is 1.01. The average molecular weight is 427 g/mol. The van der Waals surface area contributed by atoms with Gasteiger partial charge in [-0.15, -0.1) is 0 Å². The van der Waals surface area contributed by atoms with E-state index in [0.717, 1.165) is 16.7 Å². The molecule has 2 rings (SSSR count). The van der Waals surface area contributed by atoms with Gasteiger partial charge in [0.15, 0.2) is 6.61 Å². The van der Waals surface area contributed by atoms with Crippen molar-refractivity contribution in [2.45, 2.75) is 19.9 Å². The van der Waals surface area contributed by atoms with Crippen molar-refractivity contribution >= 4 is 28.5 Å². The van der Waals surface area contributed by atoms with Gasteiger partial charge in [0.25, 0.3) is 5.91 Å². The van der Waals surface area contributed by atoms with Crippen molar-refractivity contribution in [2.75, 3.05) is 32.8 Å². The monoisotopic (exact) mass is 427 g/mol. The molecule has 1 atom stereocenters. The van der Waals surface area contributed by atoms with Gasteiger partial charge in [-0.1, -0.05) is 13.8 Å². The maximum absolute atomic E-state index is 12.2. The van der Waals surface area contributed by atoms with Gasteiger partial charge in [0.1, 0.15) is 11.8 Å². The summed E-state index contributed by atoms with van der Waals surface area (Å²) < 4.78 is 6.68. The molecule has 6 heteroatoms. The lowest BCUT2D eigenvalue weighted by Gasteiger charge is -2.38.